The third-order valence-corrected chi connectivity index (χ3v) is 6.03. The largest absolute Gasteiger partial charge is 0.474 e. The van der Waals surface area contributed by atoms with Crippen molar-refractivity contribution in [3.05, 3.63) is 64.7 Å². The van der Waals surface area contributed by atoms with Gasteiger partial charge in [0.15, 0.2) is 0 Å². The number of carbonyl (C=O) groups excluding carboxylic acids is 1. The molecule has 0 bridgehead atoms. The Morgan fingerprint density at radius 3 is 2.11 bits per heavy atom. The Balaban J connectivity index is 2.24. The maximum absolute atomic E-state index is 13.4. The molecule has 0 aliphatic carbocycles. The average molecular weight is 516 g/mol. The monoisotopic (exact) mass is 515 g/mol. The fraction of sp³-hybridized carbons (Fsp3) is 0.467. The second-order valence-electron chi connectivity index (χ2n) is 10.2. The Morgan fingerprint density at radius 2 is 1.54 bits per heavy atom. The van der Waals surface area contributed by atoms with E-state index in [-0.39, 0.29) is 17.8 Å². The van der Waals surface area contributed by atoms with Crippen molar-refractivity contribution >= 4 is 17.6 Å². The summed E-state index contributed by atoms with van der Waals surface area (Å²) in [6, 6.07) is 10.1. The molecule has 2 aromatic carbocycles. The fourth-order valence-electron chi connectivity index (χ4n) is 3.96. The molecular formula is C30H36F3NO3. The zero-order chi connectivity index (χ0) is 27.6. The Kier molecular flexibility index (Phi) is 10.8. The number of hydrogen-bond acceptors (Lipinski definition) is 2. The van der Waals surface area contributed by atoms with E-state index in [1.54, 1.807) is 45.0 Å². The van der Waals surface area contributed by atoms with E-state index in [2.05, 4.69) is 18.8 Å². The summed E-state index contributed by atoms with van der Waals surface area (Å²) < 4.78 is 40.1. The molecule has 200 valence electrons. The minimum absolute atomic E-state index is 0.106. The number of alkyl halides is 3. The van der Waals surface area contributed by atoms with Crippen LogP contribution < -0.4 is 4.90 Å². The predicted octanol–water partition coefficient (Wildman–Crippen LogP) is 7.72. The molecule has 0 saturated heterocycles. The number of hydrogen-bond donors (Lipinski definition) is 1. The van der Waals surface area contributed by atoms with Gasteiger partial charge < -0.3 is 5.11 Å². The molecule has 0 radical (unpaired) electrons. The van der Waals surface area contributed by atoms with Crippen LogP contribution in [0.5, 0.6) is 0 Å². The smallest absolute Gasteiger partial charge is 0.416 e. The van der Waals surface area contributed by atoms with Gasteiger partial charge in [-0.05, 0) is 53.3 Å². The third kappa shape index (κ3) is 9.27. The van der Waals surface area contributed by atoms with Crippen LogP contribution >= 0.6 is 0 Å². The minimum atomic E-state index is -4.56. The predicted molar refractivity (Wildman–Crippen MR) is 140 cm³/mol. The molecule has 0 aliphatic heterocycles. The van der Waals surface area contributed by atoms with E-state index in [9.17, 15) is 27.9 Å². The molecule has 0 fully saturated rings. The Labute approximate surface area is 217 Å². The lowest BCUT2D eigenvalue weighted by Crippen LogP contribution is -2.37. The zero-order valence-corrected chi connectivity index (χ0v) is 22.0. The molecule has 0 saturated carbocycles. The number of amides is 1. The molecule has 0 spiro atoms. The first-order valence-electron chi connectivity index (χ1n) is 12.7. The van der Waals surface area contributed by atoms with E-state index in [1.807, 2.05) is 0 Å². The first-order chi connectivity index (χ1) is 17.3. The second-order valence-corrected chi connectivity index (χ2v) is 10.2. The van der Waals surface area contributed by atoms with Crippen molar-refractivity contribution in [3.8, 4) is 11.8 Å². The molecular weight excluding hydrogens is 479 g/mol. The van der Waals surface area contributed by atoms with Gasteiger partial charge in [0, 0.05) is 17.7 Å². The summed E-state index contributed by atoms with van der Waals surface area (Å²) in [4.78, 5) is 25.3. The van der Waals surface area contributed by atoms with Gasteiger partial charge in [0.25, 0.3) is 0 Å². The number of unbranched alkanes of at least 4 members (excludes halogenated alkanes) is 6. The summed E-state index contributed by atoms with van der Waals surface area (Å²) in [5, 5.41) is 9.43. The molecule has 0 aliphatic rings. The summed E-state index contributed by atoms with van der Waals surface area (Å²) in [5.41, 5.74) is 0.174. The van der Waals surface area contributed by atoms with Crippen molar-refractivity contribution in [3.63, 3.8) is 0 Å². The summed E-state index contributed by atoms with van der Waals surface area (Å²) in [7, 11) is 0. The highest BCUT2D eigenvalue weighted by Gasteiger charge is 2.34. The van der Waals surface area contributed by atoms with Crippen molar-refractivity contribution in [2.45, 2.75) is 90.8 Å². The SMILES string of the molecule is CCCCCCCCC#Cc1ccc(CN(C(=O)C(=O)O)c2ccc(C(F)(F)F)cc2C(C)(C)C)cc1. The van der Waals surface area contributed by atoms with Gasteiger partial charge >= 0.3 is 18.1 Å². The maximum Gasteiger partial charge on any atom is 0.416 e. The number of nitrogens with zero attached hydrogens (tertiary/aromatic N) is 1. The van der Waals surface area contributed by atoms with Crippen LogP contribution in [0.25, 0.3) is 0 Å². The normalized spacial score (nSPS) is 11.5. The van der Waals surface area contributed by atoms with Gasteiger partial charge in [0.05, 0.1) is 12.1 Å². The molecule has 0 unspecified atom stereocenters. The van der Waals surface area contributed by atoms with Gasteiger partial charge in [-0.1, -0.05) is 83.8 Å². The first-order valence-corrected chi connectivity index (χ1v) is 12.7. The van der Waals surface area contributed by atoms with Crippen molar-refractivity contribution in [2.24, 2.45) is 0 Å². The van der Waals surface area contributed by atoms with E-state index in [1.165, 1.54) is 38.2 Å². The lowest BCUT2D eigenvalue weighted by atomic mass is 9.84. The van der Waals surface area contributed by atoms with E-state index in [0.29, 0.717) is 5.56 Å². The topological polar surface area (TPSA) is 57.6 Å². The Bertz CT molecular complexity index is 1120. The van der Waals surface area contributed by atoms with Crippen LogP contribution in [-0.4, -0.2) is 17.0 Å². The maximum atomic E-state index is 13.4. The van der Waals surface area contributed by atoms with Crippen LogP contribution in [-0.2, 0) is 27.7 Å². The van der Waals surface area contributed by atoms with Crippen LogP contribution in [0.15, 0.2) is 42.5 Å². The van der Waals surface area contributed by atoms with Gasteiger partial charge in [-0.2, -0.15) is 13.2 Å². The summed E-state index contributed by atoms with van der Waals surface area (Å²) in [6.45, 7) is 7.23. The van der Waals surface area contributed by atoms with Crippen LogP contribution in [0.1, 0.15) is 94.9 Å². The quantitative estimate of drug-likeness (QED) is 0.211. The summed E-state index contributed by atoms with van der Waals surface area (Å²) in [5.74, 6) is 3.39. The van der Waals surface area contributed by atoms with Gasteiger partial charge in [0.1, 0.15) is 0 Å². The van der Waals surface area contributed by atoms with Crippen molar-refractivity contribution in [2.75, 3.05) is 4.90 Å². The second kappa shape index (κ2) is 13.3. The average Bonchev–Trinajstić information content (AvgIpc) is 2.83. The third-order valence-electron chi connectivity index (χ3n) is 6.03. The first kappa shape index (κ1) is 30.0. The van der Waals surface area contributed by atoms with E-state index in [4.69, 9.17) is 0 Å². The zero-order valence-electron chi connectivity index (χ0n) is 22.0. The molecule has 1 N–H and O–H groups in total. The van der Waals surface area contributed by atoms with Crippen LogP contribution in [0.3, 0.4) is 0 Å². The fourth-order valence-corrected chi connectivity index (χ4v) is 3.96. The van der Waals surface area contributed by atoms with E-state index < -0.39 is 29.0 Å². The van der Waals surface area contributed by atoms with Crippen molar-refractivity contribution in [1.29, 1.82) is 0 Å². The number of aliphatic carboxylic acids is 1. The van der Waals surface area contributed by atoms with Gasteiger partial charge in [0.2, 0.25) is 0 Å². The molecule has 1 amide bonds. The van der Waals surface area contributed by atoms with Gasteiger partial charge in [-0.3, -0.25) is 9.69 Å². The summed E-state index contributed by atoms with van der Waals surface area (Å²) in [6.07, 6.45) is 3.46. The van der Waals surface area contributed by atoms with E-state index in [0.717, 1.165) is 35.4 Å². The highest BCUT2D eigenvalue weighted by Crippen LogP contribution is 2.38. The van der Waals surface area contributed by atoms with E-state index >= 15 is 0 Å². The molecule has 0 atom stereocenters. The highest BCUT2D eigenvalue weighted by molar-refractivity contribution is 6.37. The molecule has 2 aromatic rings. The molecule has 37 heavy (non-hydrogen) atoms. The standard InChI is InChI=1S/C30H36F3NO3/c1-5-6-7-8-9-10-11-12-13-22-14-16-23(17-15-22)21-34(27(35)28(36)37)26-19-18-24(30(31,32)33)20-25(26)29(2,3)4/h14-20H,5-11,21H2,1-4H3,(H,36,37). The number of rotatable bonds is 9. The Hall–Kier alpha value is -3.27. The van der Waals surface area contributed by atoms with Crippen LogP contribution in [0.4, 0.5) is 18.9 Å². The lowest BCUT2D eigenvalue weighted by Gasteiger charge is -2.30. The minimum Gasteiger partial charge on any atom is -0.474 e. The number of carboxylic acid groups (broad SMARTS) is 1. The highest BCUT2D eigenvalue weighted by atomic mass is 19.4. The molecule has 7 heteroatoms. The number of carbonyl (C=O) groups is 2. The van der Waals surface area contributed by atoms with Crippen molar-refractivity contribution in [1.82, 2.24) is 0 Å². The number of benzene rings is 2. The van der Waals surface area contributed by atoms with Crippen LogP contribution in [0.2, 0.25) is 0 Å². The van der Waals surface area contributed by atoms with Gasteiger partial charge in [-0.25, -0.2) is 4.79 Å². The number of halogens is 3. The molecule has 0 aromatic heterocycles. The van der Waals surface area contributed by atoms with Crippen molar-refractivity contribution < 1.29 is 27.9 Å². The molecule has 0 heterocycles. The molecule has 4 nitrogen and oxygen atoms in total. The number of anilines is 1. The van der Waals surface area contributed by atoms with Gasteiger partial charge in [-0.15, -0.1) is 0 Å². The summed E-state index contributed by atoms with van der Waals surface area (Å²) >= 11 is 0. The van der Waals surface area contributed by atoms with Crippen LogP contribution in [0, 0.1) is 11.8 Å². The Morgan fingerprint density at radius 1 is 0.919 bits per heavy atom. The molecule has 2 rings (SSSR count). The lowest BCUT2D eigenvalue weighted by molar-refractivity contribution is -0.148. The number of carboxylic acids is 1.